The molecule has 1 rings (SSSR count). The van der Waals surface area contributed by atoms with E-state index < -0.39 is 0 Å². The third-order valence-corrected chi connectivity index (χ3v) is 2.46. The summed E-state index contributed by atoms with van der Waals surface area (Å²) in [6.07, 6.45) is 0. The van der Waals surface area contributed by atoms with Gasteiger partial charge in [-0.15, -0.1) is 0 Å². The van der Waals surface area contributed by atoms with Crippen LogP contribution in [-0.4, -0.2) is 34.9 Å². The molecule has 0 radical (unpaired) electrons. The van der Waals surface area contributed by atoms with E-state index in [1.54, 1.807) is 33.5 Å². The lowest BCUT2D eigenvalue weighted by molar-refractivity contribution is 0.0316. The van der Waals surface area contributed by atoms with Gasteiger partial charge in [-0.25, -0.2) is 0 Å². The van der Waals surface area contributed by atoms with Crippen molar-refractivity contribution in [1.29, 1.82) is 0 Å². The zero-order chi connectivity index (χ0) is 12.7. The predicted molar refractivity (Wildman–Crippen MR) is 65.7 cm³/mol. The van der Waals surface area contributed by atoms with Crippen molar-refractivity contribution in [2.24, 2.45) is 0 Å². The van der Waals surface area contributed by atoms with Crippen LogP contribution in [0.5, 0.6) is 17.2 Å². The molecular weight excluding hydrogens is 292 g/mol. The van der Waals surface area contributed by atoms with Crippen LogP contribution in [0.15, 0.2) is 16.6 Å². The molecule has 96 valence electrons. The van der Waals surface area contributed by atoms with Crippen LogP contribution in [0.2, 0.25) is 0 Å². The van der Waals surface area contributed by atoms with Crippen LogP contribution in [0.4, 0.5) is 0 Å². The molecule has 1 aromatic rings. The molecule has 0 heterocycles. The Hall–Kier alpha value is -0.980. The second-order valence-electron chi connectivity index (χ2n) is 3.04. The summed E-state index contributed by atoms with van der Waals surface area (Å²) >= 11 is 3.38. The van der Waals surface area contributed by atoms with E-state index in [0.29, 0.717) is 17.2 Å². The largest absolute Gasteiger partial charge is 0.497 e. The number of hydrogen-bond acceptors (Lipinski definition) is 5. The molecule has 0 atom stereocenters. The summed E-state index contributed by atoms with van der Waals surface area (Å²) in [6, 6.07) is 3.50. The van der Waals surface area contributed by atoms with E-state index >= 15 is 0 Å². The molecule has 0 unspecified atom stereocenters. The van der Waals surface area contributed by atoms with Crippen LogP contribution >= 0.6 is 15.9 Å². The van der Waals surface area contributed by atoms with E-state index in [9.17, 15) is 0 Å². The highest BCUT2D eigenvalue weighted by Crippen LogP contribution is 2.39. The molecule has 0 bridgehead atoms. The normalized spacial score (nSPS) is 10.1. The molecule has 0 saturated carbocycles. The van der Waals surface area contributed by atoms with E-state index in [4.69, 9.17) is 23.7 Å². The zero-order valence-electron chi connectivity index (χ0n) is 9.99. The van der Waals surface area contributed by atoms with Gasteiger partial charge in [-0.05, 0) is 22.0 Å². The number of ether oxygens (including phenoxy) is 5. The highest BCUT2D eigenvalue weighted by Gasteiger charge is 2.12. The summed E-state index contributed by atoms with van der Waals surface area (Å²) < 4.78 is 26.4. The van der Waals surface area contributed by atoms with Crippen molar-refractivity contribution in [3.8, 4) is 17.2 Å². The third-order valence-electron chi connectivity index (χ3n) is 1.87. The van der Waals surface area contributed by atoms with Gasteiger partial charge in [0.1, 0.15) is 5.75 Å². The van der Waals surface area contributed by atoms with Crippen LogP contribution in [0.3, 0.4) is 0 Å². The highest BCUT2D eigenvalue weighted by atomic mass is 79.9. The van der Waals surface area contributed by atoms with Crippen molar-refractivity contribution in [1.82, 2.24) is 0 Å². The van der Waals surface area contributed by atoms with E-state index in [0.717, 1.165) is 4.47 Å². The molecular formula is C11H15BrO5. The zero-order valence-corrected chi connectivity index (χ0v) is 11.6. The van der Waals surface area contributed by atoms with E-state index in [-0.39, 0.29) is 13.6 Å². The lowest BCUT2D eigenvalue weighted by Crippen LogP contribution is -2.05. The smallest absolute Gasteiger partial charge is 0.188 e. The van der Waals surface area contributed by atoms with Gasteiger partial charge < -0.3 is 23.7 Å². The van der Waals surface area contributed by atoms with Crippen molar-refractivity contribution in [3.05, 3.63) is 16.6 Å². The summed E-state index contributed by atoms with van der Waals surface area (Å²) in [5, 5.41) is 0. The molecule has 0 aliphatic heterocycles. The van der Waals surface area contributed by atoms with Crippen molar-refractivity contribution >= 4 is 15.9 Å². The van der Waals surface area contributed by atoms with Gasteiger partial charge in [0.15, 0.2) is 25.1 Å². The predicted octanol–water partition coefficient (Wildman–Crippen LogP) is 2.42. The van der Waals surface area contributed by atoms with Crippen molar-refractivity contribution < 1.29 is 23.7 Å². The third kappa shape index (κ3) is 4.07. The molecule has 1 aromatic carbocycles. The maximum atomic E-state index is 5.41. The minimum Gasteiger partial charge on any atom is -0.497 e. The Morgan fingerprint density at radius 2 is 1.65 bits per heavy atom. The van der Waals surface area contributed by atoms with Gasteiger partial charge in [-0.3, -0.25) is 0 Å². The first kappa shape index (κ1) is 14.1. The molecule has 0 aromatic heterocycles. The van der Waals surface area contributed by atoms with Crippen molar-refractivity contribution in [2.45, 2.75) is 0 Å². The van der Waals surface area contributed by atoms with Gasteiger partial charge in [-0.2, -0.15) is 0 Å². The van der Waals surface area contributed by atoms with E-state index in [1.165, 1.54) is 0 Å². The molecule has 17 heavy (non-hydrogen) atoms. The average molecular weight is 307 g/mol. The Kier molecular flexibility index (Phi) is 6.10. The monoisotopic (exact) mass is 306 g/mol. The molecule has 0 aliphatic rings. The minimum absolute atomic E-state index is 0.128. The first-order chi connectivity index (χ1) is 8.22. The molecule has 0 spiro atoms. The molecule has 0 saturated heterocycles. The summed E-state index contributed by atoms with van der Waals surface area (Å²) in [5.74, 6) is 1.73. The molecule has 0 aliphatic carbocycles. The summed E-state index contributed by atoms with van der Waals surface area (Å²) in [5.41, 5.74) is 0. The number of halogens is 1. The van der Waals surface area contributed by atoms with Gasteiger partial charge in [-0.1, -0.05) is 0 Å². The number of rotatable bonds is 7. The first-order valence-corrected chi connectivity index (χ1v) is 5.63. The molecule has 0 N–H and O–H groups in total. The molecule has 0 amide bonds. The van der Waals surface area contributed by atoms with Gasteiger partial charge in [0, 0.05) is 20.3 Å². The molecule has 0 fully saturated rings. The van der Waals surface area contributed by atoms with Crippen LogP contribution in [0.1, 0.15) is 0 Å². The fourth-order valence-corrected chi connectivity index (χ4v) is 1.69. The number of benzene rings is 1. The standard InChI is InChI=1S/C11H15BrO5/c1-13-6-16-10-5-8(15-3)4-9(12)11(10)17-7-14-2/h4-5H,6-7H2,1-3H3. The fourth-order valence-electron chi connectivity index (χ4n) is 1.15. The van der Waals surface area contributed by atoms with Crippen LogP contribution in [0, 0.1) is 0 Å². The van der Waals surface area contributed by atoms with Crippen molar-refractivity contribution in [2.75, 3.05) is 34.9 Å². The summed E-state index contributed by atoms with van der Waals surface area (Å²) in [7, 11) is 4.68. The Morgan fingerprint density at radius 3 is 2.24 bits per heavy atom. The molecule has 5 nitrogen and oxygen atoms in total. The Balaban J connectivity index is 2.96. The lowest BCUT2D eigenvalue weighted by Gasteiger charge is -2.14. The Morgan fingerprint density at radius 1 is 1.00 bits per heavy atom. The summed E-state index contributed by atoms with van der Waals surface area (Å²) in [6.45, 7) is 0.261. The first-order valence-electron chi connectivity index (χ1n) is 4.84. The van der Waals surface area contributed by atoms with Crippen molar-refractivity contribution in [3.63, 3.8) is 0 Å². The van der Waals surface area contributed by atoms with Gasteiger partial charge in [0.2, 0.25) is 0 Å². The fraction of sp³-hybridized carbons (Fsp3) is 0.455. The highest BCUT2D eigenvalue weighted by molar-refractivity contribution is 9.10. The van der Waals surface area contributed by atoms with Gasteiger partial charge in [0.05, 0.1) is 11.6 Å². The van der Waals surface area contributed by atoms with E-state index in [2.05, 4.69) is 15.9 Å². The lowest BCUT2D eigenvalue weighted by atomic mass is 10.3. The van der Waals surface area contributed by atoms with Gasteiger partial charge >= 0.3 is 0 Å². The average Bonchev–Trinajstić information content (AvgIpc) is 2.34. The van der Waals surface area contributed by atoms with Crippen LogP contribution in [-0.2, 0) is 9.47 Å². The maximum Gasteiger partial charge on any atom is 0.188 e. The second-order valence-corrected chi connectivity index (χ2v) is 3.89. The SMILES string of the molecule is COCOc1cc(OC)cc(Br)c1OCOC. The quantitative estimate of drug-likeness (QED) is 0.724. The van der Waals surface area contributed by atoms with Crippen LogP contribution in [0.25, 0.3) is 0 Å². The number of methoxy groups -OCH3 is 3. The van der Waals surface area contributed by atoms with Gasteiger partial charge in [0.25, 0.3) is 0 Å². The topological polar surface area (TPSA) is 46.2 Å². The Labute approximate surface area is 109 Å². The number of hydrogen-bond donors (Lipinski definition) is 0. The minimum atomic E-state index is 0.128. The molecule has 6 heteroatoms. The van der Waals surface area contributed by atoms with Crippen LogP contribution < -0.4 is 14.2 Å². The second kappa shape index (κ2) is 7.37. The van der Waals surface area contributed by atoms with E-state index in [1.807, 2.05) is 0 Å². The summed E-state index contributed by atoms with van der Waals surface area (Å²) in [4.78, 5) is 0. The maximum absolute atomic E-state index is 5.41. The Bertz CT molecular complexity index is 356.